The van der Waals surface area contributed by atoms with Crippen molar-refractivity contribution in [2.24, 2.45) is 0 Å². The summed E-state index contributed by atoms with van der Waals surface area (Å²) in [4.78, 5) is 27.3. The summed E-state index contributed by atoms with van der Waals surface area (Å²) in [5.74, 6) is -0.0231. The highest BCUT2D eigenvalue weighted by atomic mass is 35.5. The summed E-state index contributed by atoms with van der Waals surface area (Å²) in [6, 6.07) is 7.00. The molecule has 0 spiro atoms. The standard InChI is InChI=1S/C26H35ClFN6O7P/c1-15(2)39-25(36)16(3)32-42(37,41-18-10-8-7-9-11-18)38-13-26(12-27)21(35)19(28)24(40-26)34-14-29-20-22(33(5)6)30-17(4)31-23(20)34/h7-11,14-16,19,21,24,35H,12-13H2,1-6H3,(H,32,37)/t16-,19+,21-,24+,26+,42-/m0/s1. The lowest BCUT2D eigenvalue weighted by molar-refractivity contribution is -0.149. The van der Waals surface area contributed by atoms with Gasteiger partial charge in [0.25, 0.3) is 0 Å². The Hall–Kier alpha value is -2.87. The predicted octanol–water partition coefficient (Wildman–Crippen LogP) is 3.54. The number of aliphatic hydroxyl groups excluding tert-OH is 1. The Labute approximate surface area is 247 Å². The van der Waals surface area contributed by atoms with Crippen LogP contribution in [0, 0.1) is 6.92 Å². The number of hydrogen-bond acceptors (Lipinski definition) is 11. The van der Waals surface area contributed by atoms with Crippen molar-refractivity contribution in [2.75, 3.05) is 31.5 Å². The van der Waals surface area contributed by atoms with Crippen molar-refractivity contribution in [3.63, 3.8) is 0 Å². The number of fused-ring (bicyclic) bond motifs is 1. The highest BCUT2D eigenvalue weighted by Crippen LogP contribution is 2.49. The maximum Gasteiger partial charge on any atom is 0.459 e. The molecule has 0 saturated carbocycles. The Morgan fingerprint density at radius 1 is 1.29 bits per heavy atom. The third-order valence-electron chi connectivity index (χ3n) is 6.41. The number of aromatic nitrogens is 4. The smallest absolute Gasteiger partial charge is 0.459 e. The molecular weight excluding hydrogens is 594 g/mol. The second kappa shape index (κ2) is 12.8. The molecule has 42 heavy (non-hydrogen) atoms. The minimum atomic E-state index is -4.36. The molecule has 0 amide bonds. The van der Waals surface area contributed by atoms with Gasteiger partial charge in [-0.25, -0.2) is 23.9 Å². The SMILES string of the molecule is Cc1nc(N(C)C)c2ncn([C@@H]3O[C@](CCl)(CO[P@@](=O)(N[C@@H](C)C(=O)OC(C)C)Oc4ccccc4)[C@@H](O)[C@H]3F)c2n1. The summed E-state index contributed by atoms with van der Waals surface area (Å²) in [5, 5.41) is 13.6. The number of rotatable bonds is 12. The molecule has 0 unspecified atom stereocenters. The van der Waals surface area contributed by atoms with E-state index in [1.165, 1.54) is 30.0 Å². The van der Waals surface area contributed by atoms with Crippen LogP contribution in [-0.2, 0) is 23.4 Å². The van der Waals surface area contributed by atoms with E-state index in [1.807, 2.05) is 0 Å². The van der Waals surface area contributed by atoms with Crippen molar-refractivity contribution in [1.29, 1.82) is 0 Å². The van der Waals surface area contributed by atoms with E-state index in [2.05, 4.69) is 20.0 Å². The van der Waals surface area contributed by atoms with Crippen LogP contribution in [0.15, 0.2) is 36.7 Å². The first-order valence-electron chi connectivity index (χ1n) is 13.2. The number of para-hydroxylation sites is 1. The number of nitrogens with one attached hydrogen (secondary N) is 1. The molecule has 0 aliphatic carbocycles. The van der Waals surface area contributed by atoms with Crippen LogP contribution >= 0.6 is 19.3 Å². The van der Waals surface area contributed by atoms with E-state index in [0.717, 1.165) is 0 Å². The number of carbonyl (C=O) groups excluding carboxylic acids is 1. The molecule has 0 radical (unpaired) electrons. The minimum absolute atomic E-state index is 0.170. The van der Waals surface area contributed by atoms with Crippen LogP contribution in [0.25, 0.3) is 11.2 Å². The monoisotopic (exact) mass is 628 g/mol. The Bertz CT molecular complexity index is 1450. The highest BCUT2D eigenvalue weighted by Gasteiger charge is 2.57. The fraction of sp³-hybridized carbons (Fsp3) is 0.538. The fourth-order valence-corrected chi connectivity index (χ4v) is 6.18. The van der Waals surface area contributed by atoms with E-state index in [0.29, 0.717) is 17.2 Å². The average molecular weight is 629 g/mol. The number of aryl methyl sites for hydroxylation is 1. The van der Waals surface area contributed by atoms with Crippen LogP contribution in [0.2, 0.25) is 0 Å². The van der Waals surface area contributed by atoms with Gasteiger partial charge in [-0.05, 0) is 39.8 Å². The zero-order valence-electron chi connectivity index (χ0n) is 24.1. The maximum atomic E-state index is 15.7. The van der Waals surface area contributed by atoms with Crippen LogP contribution in [0.1, 0.15) is 32.8 Å². The maximum absolute atomic E-state index is 15.7. The summed E-state index contributed by atoms with van der Waals surface area (Å²) in [6.45, 7) is 5.80. The summed E-state index contributed by atoms with van der Waals surface area (Å²) >= 11 is 6.25. The highest BCUT2D eigenvalue weighted by molar-refractivity contribution is 7.52. The Balaban J connectivity index is 1.62. The van der Waals surface area contributed by atoms with Gasteiger partial charge in [0.15, 0.2) is 29.4 Å². The van der Waals surface area contributed by atoms with Gasteiger partial charge >= 0.3 is 13.7 Å². The molecule has 1 fully saturated rings. The lowest BCUT2D eigenvalue weighted by Gasteiger charge is -2.31. The van der Waals surface area contributed by atoms with E-state index >= 15 is 4.39 Å². The van der Waals surface area contributed by atoms with Crippen molar-refractivity contribution in [3.05, 3.63) is 42.5 Å². The molecule has 6 atom stereocenters. The lowest BCUT2D eigenvalue weighted by atomic mass is 9.99. The van der Waals surface area contributed by atoms with Crippen molar-refractivity contribution in [1.82, 2.24) is 24.6 Å². The van der Waals surface area contributed by atoms with Crippen LogP contribution in [0.4, 0.5) is 10.2 Å². The molecule has 0 bridgehead atoms. The number of hydrogen-bond donors (Lipinski definition) is 2. The van der Waals surface area contributed by atoms with Crippen LogP contribution in [-0.4, -0.2) is 87.2 Å². The van der Waals surface area contributed by atoms with E-state index in [4.69, 9.17) is 30.1 Å². The number of benzene rings is 1. The van der Waals surface area contributed by atoms with Gasteiger partial charge in [0.2, 0.25) is 0 Å². The van der Waals surface area contributed by atoms with Gasteiger partial charge < -0.3 is 24.0 Å². The van der Waals surface area contributed by atoms with E-state index in [9.17, 15) is 14.5 Å². The molecule has 1 saturated heterocycles. The number of nitrogens with zero attached hydrogens (tertiary/aromatic N) is 5. The zero-order chi connectivity index (χ0) is 30.8. The summed E-state index contributed by atoms with van der Waals surface area (Å²) in [6.07, 6.45) is -4.28. The van der Waals surface area contributed by atoms with Gasteiger partial charge in [0.1, 0.15) is 29.3 Å². The number of esters is 1. The van der Waals surface area contributed by atoms with Gasteiger partial charge in [0, 0.05) is 14.1 Å². The molecule has 230 valence electrons. The number of carbonyl (C=O) groups is 1. The normalized spacial score (nSPS) is 24.5. The zero-order valence-corrected chi connectivity index (χ0v) is 25.8. The Morgan fingerprint density at radius 2 is 1.98 bits per heavy atom. The molecule has 2 N–H and O–H groups in total. The molecule has 3 aromatic rings. The third-order valence-corrected chi connectivity index (χ3v) is 8.49. The summed E-state index contributed by atoms with van der Waals surface area (Å²) < 4.78 is 53.6. The van der Waals surface area contributed by atoms with Gasteiger partial charge in [-0.15, -0.1) is 11.6 Å². The number of alkyl halides is 2. The Morgan fingerprint density at radius 3 is 2.60 bits per heavy atom. The fourth-order valence-electron chi connectivity index (χ4n) is 4.33. The first kappa shape index (κ1) is 32.1. The van der Waals surface area contributed by atoms with Gasteiger partial charge in [-0.3, -0.25) is 13.9 Å². The first-order valence-corrected chi connectivity index (χ1v) is 15.3. The van der Waals surface area contributed by atoms with Crippen molar-refractivity contribution in [2.45, 2.75) is 63.9 Å². The first-order chi connectivity index (χ1) is 19.8. The molecule has 1 aliphatic heterocycles. The second-order valence-electron chi connectivity index (χ2n) is 10.4. The van der Waals surface area contributed by atoms with Crippen molar-refractivity contribution < 1.29 is 37.4 Å². The number of aliphatic hydroxyl groups is 1. The Kier molecular flexibility index (Phi) is 9.75. The largest absolute Gasteiger partial charge is 0.462 e. The lowest BCUT2D eigenvalue weighted by Crippen LogP contribution is -2.48. The molecular formula is C26H35ClFN6O7P. The van der Waals surface area contributed by atoms with E-state index in [1.54, 1.807) is 58.0 Å². The van der Waals surface area contributed by atoms with Gasteiger partial charge in [-0.2, -0.15) is 5.09 Å². The second-order valence-corrected chi connectivity index (χ2v) is 12.4. The minimum Gasteiger partial charge on any atom is -0.462 e. The molecule has 16 heteroatoms. The third kappa shape index (κ3) is 6.69. The summed E-state index contributed by atoms with van der Waals surface area (Å²) in [7, 11) is -0.783. The van der Waals surface area contributed by atoms with Crippen LogP contribution < -0.4 is 14.5 Å². The summed E-state index contributed by atoms with van der Waals surface area (Å²) in [5.41, 5.74) is -1.18. The molecule has 13 nitrogen and oxygen atoms in total. The predicted molar refractivity (Wildman–Crippen MR) is 153 cm³/mol. The van der Waals surface area contributed by atoms with E-state index in [-0.39, 0.29) is 11.4 Å². The molecule has 3 heterocycles. The van der Waals surface area contributed by atoms with Gasteiger partial charge in [-0.1, -0.05) is 18.2 Å². The van der Waals surface area contributed by atoms with Gasteiger partial charge in [0.05, 0.1) is 24.9 Å². The molecule has 2 aromatic heterocycles. The quantitative estimate of drug-likeness (QED) is 0.172. The average Bonchev–Trinajstić information content (AvgIpc) is 3.45. The van der Waals surface area contributed by atoms with Crippen LogP contribution in [0.5, 0.6) is 5.75 Å². The number of imidazole rings is 1. The number of anilines is 1. The van der Waals surface area contributed by atoms with Crippen LogP contribution in [0.3, 0.4) is 0 Å². The number of ether oxygens (including phenoxy) is 2. The van der Waals surface area contributed by atoms with Crippen molar-refractivity contribution >= 4 is 42.3 Å². The molecule has 1 aliphatic rings. The van der Waals surface area contributed by atoms with Crippen molar-refractivity contribution in [3.8, 4) is 5.75 Å². The van der Waals surface area contributed by atoms with E-state index < -0.39 is 62.5 Å². The topological polar surface area (TPSA) is 150 Å². The molecule has 4 rings (SSSR count). The number of halogens is 2. The molecule has 1 aromatic carbocycles.